The molecule has 0 aromatic heterocycles. The molecular formula is C13H29N3O4Zn+2. The van der Waals surface area contributed by atoms with Gasteiger partial charge in [0.1, 0.15) is 0 Å². The van der Waals surface area contributed by atoms with Crippen LogP contribution in [-0.2, 0) is 29.1 Å². The molecule has 8 heteroatoms. The van der Waals surface area contributed by atoms with Crippen molar-refractivity contribution in [3.8, 4) is 0 Å². The van der Waals surface area contributed by atoms with Gasteiger partial charge in [0, 0.05) is 0 Å². The van der Waals surface area contributed by atoms with Crippen LogP contribution in [0.1, 0.15) is 38.5 Å². The zero-order valence-corrected chi connectivity index (χ0v) is 15.8. The SMILES string of the molecule is [CH2-][C@@H](CCCC[NH3+])C(=O)O.[NH-][C@@H](CCCC[NH3+])C(=O)O.[Zn+2]. The minimum Gasteiger partial charge on any atom is -0.665 e. The van der Waals surface area contributed by atoms with Crippen LogP contribution >= 0.6 is 0 Å². The van der Waals surface area contributed by atoms with Gasteiger partial charge >= 0.3 is 19.5 Å². The van der Waals surface area contributed by atoms with Gasteiger partial charge in [0.2, 0.25) is 0 Å². The summed E-state index contributed by atoms with van der Waals surface area (Å²) in [6, 6.07) is -0.938. The predicted octanol–water partition coefficient (Wildman–Crippen LogP) is -0.165. The van der Waals surface area contributed by atoms with E-state index in [0.29, 0.717) is 12.8 Å². The Morgan fingerprint density at radius 1 is 0.952 bits per heavy atom. The maximum atomic E-state index is 10.2. The summed E-state index contributed by atoms with van der Waals surface area (Å²) in [5.41, 5.74) is 14.3. The molecule has 2 atom stereocenters. The fraction of sp³-hybridized carbons (Fsp3) is 0.769. The van der Waals surface area contributed by atoms with E-state index in [1.54, 1.807) is 0 Å². The Morgan fingerprint density at radius 2 is 1.38 bits per heavy atom. The fourth-order valence-corrected chi connectivity index (χ4v) is 1.34. The first-order valence-electron chi connectivity index (χ1n) is 6.95. The number of carboxylic acid groups (broad SMARTS) is 2. The number of carbonyl (C=O) groups is 2. The van der Waals surface area contributed by atoms with Crippen molar-refractivity contribution in [2.24, 2.45) is 5.92 Å². The Kier molecular flexibility index (Phi) is 21.2. The Morgan fingerprint density at radius 3 is 1.71 bits per heavy atom. The summed E-state index contributed by atoms with van der Waals surface area (Å²) in [5.74, 6) is -2.26. The summed E-state index contributed by atoms with van der Waals surface area (Å²) in [6.07, 6.45) is 4.76. The standard InChI is InChI=1S/C7H14NO2.C6H13N2O2.Zn/c1-6(7(9)10)4-2-3-5-8;7-4-2-1-3-5(8)6(9)10;/h6H,1-5,8H2,(H,9,10);5,8H,1-4,7H2,(H,9,10);/q2*-1;+2/p+2/t6-;5-;/m00./s1. The second-order valence-corrected chi connectivity index (χ2v) is 4.62. The Balaban J connectivity index is -0.000000295. The Hall–Kier alpha value is -0.557. The second kappa shape index (κ2) is 17.5. The molecule has 0 aliphatic rings. The van der Waals surface area contributed by atoms with Crippen molar-refractivity contribution in [3.63, 3.8) is 0 Å². The average Bonchev–Trinajstić information content (AvgIpc) is 2.39. The summed E-state index contributed by atoms with van der Waals surface area (Å²) < 4.78 is 0. The molecule has 0 aliphatic heterocycles. The first kappa shape index (κ1) is 25.4. The van der Waals surface area contributed by atoms with E-state index in [9.17, 15) is 9.59 Å². The summed E-state index contributed by atoms with van der Waals surface area (Å²) in [7, 11) is 0. The average molecular weight is 357 g/mol. The van der Waals surface area contributed by atoms with Crippen LogP contribution in [0.25, 0.3) is 5.73 Å². The fourth-order valence-electron chi connectivity index (χ4n) is 1.34. The van der Waals surface area contributed by atoms with Gasteiger partial charge < -0.3 is 34.3 Å². The summed E-state index contributed by atoms with van der Waals surface area (Å²) in [4.78, 5) is 20.3. The van der Waals surface area contributed by atoms with Gasteiger partial charge in [0.25, 0.3) is 11.9 Å². The molecule has 7 nitrogen and oxygen atoms in total. The number of nitrogens with one attached hydrogen (secondary N) is 1. The third-order valence-electron chi connectivity index (χ3n) is 2.69. The molecule has 0 heterocycles. The Bertz CT molecular complexity index is 242. The number of unbranched alkanes of at least 4 members (excludes halogenated alkanes) is 2. The van der Waals surface area contributed by atoms with Gasteiger partial charge in [-0.25, -0.2) is 0 Å². The molecule has 0 saturated heterocycles. The van der Waals surface area contributed by atoms with Crippen LogP contribution in [0, 0.1) is 12.8 Å². The molecule has 0 aromatic carbocycles. The largest absolute Gasteiger partial charge is 2.00 e. The third-order valence-corrected chi connectivity index (χ3v) is 2.69. The van der Waals surface area contributed by atoms with Crippen LogP contribution in [0.15, 0.2) is 0 Å². The monoisotopic (exact) mass is 355 g/mol. The number of hydrogen-bond donors (Lipinski definition) is 4. The first-order valence-corrected chi connectivity index (χ1v) is 6.95. The Labute approximate surface area is 139 Å². The van der Waals surface area contributed by atoms with Gasteiger partial charge in [-0.15, -0.1) is 0 Å². The molecule has 0 unspecified atom stereocenters. The van der Waals surface area contributed by atoms with Gasteiger partial charge in [0.05, 0.1) is 13.1 Å². The smallest absolute Gasteiger partial charge is 0.665 e. The van der Waals surface area contributed by atoms with Gasteiger partial charge in [-0.2, -0.15) is 0 Å². The van der Waals surface area contributed by atoms with Crippen molar-refractivity contribution in [3.05, 3.63) is 12.7 Å². The zero-order valence-electron chi connectivity index (χ0n) is 12.9. The maximum Gasteiger partial charge on any atom is 2.00 e. The molecule has 0 radical (unpaired) electrons. The molecule has 0 aliphatic carbocycles. The molecular weight excluding hydrogens is 328 g/mol. The molecule has 0 spiro atoms. The van der Waals surface area contributed by atoms with Crippen LogP contribution in [-0.4, -0.2) is 41.3 Å². The molecule has 0 rings (SSSR count). The first-order chi connectivity index (χ1) is 9.36. The molecule has 21 heavy (non-hydrogen) atoms. The van der Waals surface area contributed by atoms with Crippen molar-refractivity contribution in [1.29, 1.82) is 0 Å². The van der Waals surface area contributed by atoms with Crippen molar-refractivity contribution in [2.45, 2.75) is 44.6 Å². The number of quaternary nitrogens is 2. The third kappa shape index (κ3) is 19.4. The summed E-state index contributed by atoms with van der Waals surface area (Å²) in [6.45, 7) is 5.20. The number of rotatable bonds is 10. The van der Waals surface area contributed by atoms with Gasteiger partial charge in [-0.05, 0) is 31.7 Å². The van der Waals surface area contributed by atoms with Gasteiger partial charge in [-0.1, -0.05) is 18.8 Å². The predicted molar refractivity (Wildman–Crippen MR) is 75.4 cm³/mol. The van der Waals surface area contributed by atoms with Crippen LogP contribution in [0.3, 0.4) is 0 Å². The topological polar surface area (TPSA) is 154 Å². The van der Waals surface area contributed by atoms with E-state index in [2.05, 4.69) is 18.4 Å². The molecule has 0 saturated carbocycles. The van der Waals surface area contributed by atoms with Gasteiger partial charge in [-0.3, -0.25) is 9.59 Å². The van der Waals surface area contributed by atoms with E-state index >= 15 is 0 Å². The van der Waals surface area contributed by atoms with E-state index in [-0.39, 0.29) is 19.5 Å². The van der Waals surface area contributed by atoms with Crippen LogP contribution < -0.4 is 11.5 Å². The second-order valence-electron chi connectivity index (χ2n) is 4.62. The number of hydrogen-bond acceptors (Lipinski definition) is 2. The number of aliphatic carboxylic acids is 2. The van der Waals surface area contributed by atoms with Crippen LogP contribution in [0.2, 0.25) is 0 Å². The van der Waals surface area contributed by atoms with Crippen molar-refractivity contribution < 1.29 is 50.7 Å². The van der Waals surface area contributed by atoms with Crippen molar-refractivity contribution >= 4 is 11.9 Å². The summed E-state index contributed by atoms with van der Waals surface area (Å²) >= 11 is 0. The van der Waals surface area contributed by atoms with E-state index in [0.717, 1.165) is 38.8 Å². The van der Waals surface area contributed by atoms with Crippen LogP contribution in [0.4, 0.5) is 0 Å². The molecule has 120 valence electrons. The molecule has 0 fully saturated rings. The maximum absolute atomic E-state index is 10.2. The molecule has 0 amide bonds. The molecule has 0 aromatic rings. The molecule has 9 N–H and O–H groups in total. The van der Waals surface area contributed by atoms with Crippen molar-refractivity contribution in [1.82, 2.24) is 0 Å². The molecule has 0 bridgehead atoms. The quantitative estimate of drug-likeness (QED) is 0.244. The minimum atomic E-state index is -1.02. The normalized spacial score (nSPS) is 12.4. The van der Waals surface area contributed by atoms with Crippen LogP contribution in [0.5, 0.6) is 0 Å². The van der Waals surface area contributed by atoms with E-state index in [4.69, 9.17) is 15.9 Å². The van der Waals surface area contributed by atoms with E-state index in [1.807, 2.05) is 0 Å². The van der Waals surface area contributed by atoms with Gasteiger partial charge in [0.15, 0.2) is 0 Å². The van der Waals surface area contributed by atoms with E-state index < -0.39 is 23.9 Å². The van der Waals surface area contributed by atoms with Crippen molar-refractivity contribution in [2.75, 3.05) is 13.1 Å². The van der Waals surface area contributed by atoms with E-state index in [1.165, 1.54) is 0 Å². The summed E-state index contributed by atoms with van der Waals surface area (Å²) in [5, 5.41) is 16.7. The number of carboxylic acids is 2. The minimum absolute atomic E-state index is 0. The zero-order chi connectivity index (χ0) is 16.0.